The van der Waals surface area contributed by atoms with Crippen molar-refractivity contribution in [2.75, 3.05) is 14.2 Å². The van der Waals surface area contributed by atoms with Crippen molar-refractivity contribution < 1.29 is 32.5 Å². The van der Waals surface area contributed by atoms with Crippen molar-refractivity contribution in [3.8, 4) is 17.2 Å². The largest absolute Gasteiger partial charge is 0.493 e. The lowest BCUT2D eigenvalue weighted by Gasteiger charge is -2.07. The van der Waals surface area contributed by atoms with Crippen molar-refractivity contribution >= 4 is 17.9 Å². The summed E-state index contributed by atoms with van der Waals surface area (Å²) >= 11 is 0. The second kappa shape index (κ2) is 7.86. The van der Waals surface area contributed by atoms with Crippen LogP contribution in [0.5, 0.6) is 17.2 Å². The number of alkyl halides is 2. The minimum Gasteiger partial charge on any atom is -0.493 e. The standard InChI is InChI=1S/C19H15F2NO5/c1-24-15-7-6-11(9-16(15)25-2)8-14-18(23)27-17(22-14)12-4-3-5-13(10-12)26-19(20)21/h3-10,19H,1-2H3/b14-8-. The Balaban J connectivity index is 1.89. The zero-order valence-corrected chi connectivity index (χ0v) is 14.4. The fourth-order valence-corrected chi connectivity index (χ4v) is 2.44. The van der Waals surface area contributed by atoms with E-state index < -0.39 is 12.6 Å². The van der Waals surface area contributed by atoms with Crippen LogP contribution in [0.25, 0.3) is 6.08 Å². The molecule has 140 valence electrons. The number of halogens is 2. The molecule has 0 atom stereocenters. The Morgan fingerprint density at radius 3 is 2.56 bits per heavy atom. The highest BCUT2D eigenvalue weighted by atomic mass is 19.3. The number of rotatable bonds is 6. The third kappa shape index (κ3) is 4.22. The maximum Gasteiger partial charge on any atom is 0.387 e. The average Bonchev–Trinajstić information content (AvgIpc) is 3.02. The summed E-state index contributed by atoms with van der Waals surface area (Å²) < 4.78 is 44.6. The highest BCUT2D eigenvalue weighted by molar-refractivity contribution is 6.13. The van der Waals surface area contributed by atoms with Crippen LogP contribution in [0.3, 0.4) is 0 Å². The highest BCUT2D eigenvalue weighted by Crippen LogP contribution is 2.29. The van der Waals surface area contributed by atoms with Gasteiger partial charge in [-0.2, -0.15) is 8.78 Å². The Morgan fingerprint density at radius 1 is 1.07 bits per heavy atom. The van der Waals surface area contributed by atoms with E-state index >= 15 is 0 Å². The van der Waals surface area contributed by atoms with E-state index in [0.717, 1.165) is 0 Å². The number of carbonyl (C=O) groups is 1. The summed E-state index contributed by atoms with van der Waals surface area (Å²) in [6, 6.07) is 10.9. The van der Waals surface area contributed by atoms with Crippen LogP contribution in [0, 0.1) is 0 Å². The number of methoxy groups -OCH3 is 2. The number of hydrogen-bond acceptors (Lipinski definition) is 6. The zero-order chi connectivity index (χ0) is 19.4. The molecule has 8 heteroatoms. The van der Waals surface area contributed by atoms with Gasteiger partial charge in [-0.1, -0.05) is 12.1 Å². The molecule has 0 unspecified atom stereocenters. The molecule has 0 fully saturated rings. The topological polar surface area (TPSA) is 66.3 Å². The van der Waals surface area contributed by atoms with Gasteiger partial charge < -0.3 is 18.9 Å². The molecule has 2 aromatic carbocycles. The number of esters is 1. The van der Waals surface area contributed by atoms with Crippen molar-refractivity contribution in [1.29, 1.82) is 0 Å². The minimum atomic E-state index is -2.95. The van der Waals surface area contributed by atoms with Crippen molar-refractivity contribution in [2.24, 2.45) is 4.99 Å². The molecule has 6 nitrogen and oxygen atoms in total. The van der Waals surface area contributed by atoms with E-state index in [4.69, 9.17) is 14.2 Å². The molecule has 0 saturated heterocycles. The van der Waals surface area contributed by atoms with Gasteiger partial charge in [-0.15, -0.1) is 0 Å². The molecule has 0 bridgehead atoms. The summed E-state index contributed by atoms with van der Waals surface area (Å²) in [5, 5.41) is 0. The van der Waals surface area contributed by atoms with E-state index in [0.29, 0.717) is 22.6 Å². The lowest BCUT2D eigenvalue weighted by molar-refractivity contribution is -0.129. The van der Waals surface area contributed by atoms with Crippen molar-refractivity contribution in [3.63, 3.8) is 0 Å². The first-order valence-corrected chi connectivity index (χ1v) is 7.80. The van der Waals surface area contributed by atoms with E-state index in [1.807, 2.05) is 0 Å². The van der Waals surface area contributed by atoms with Crippen molar-refractivity contribution in [3.05, 3.63) is 59.3 Å². The summed E-state index contributed by atoms with van der Waals surface area (Å²) in [7, 11) is 3.02. The van der Waals surface area contributed by atoms with Gasteiger partial charge in [0, 0.05) is 5.56 Å². The molecular weight excluding hydrogens is 360 g/mol. The summed E-state index contributed by atoms with van der Waals surface area (Å²) in [5.41, 5.74) is 1.06. The summed E-state index contributed by atoms with van der Waals surface area (Å²) in [6.45, 7) is -2.95. The molecule has 0 saturated carbocycles. The number of cyclic esters (lactones) is 1. The maximum atomic E-state index is 12.3. The Kier molecular flexibility index (Phi) is 5.35. The van der Waals surface area contributed by atoms with E-state index in [-0.39, 0.29) is 17.3 Å². The van der Waals surface area contributed by atoms with Gasteiger partial charge in [0.15, 0.2) is 17.2 Å². The van der Waals surface area contributed by atoms with Crippen LogP contribution in [-0.4, -0.2) is 32.7 Å². The van der Waals surface area contributed by atoms with Crippen LogP contribution < -0.4 is 14.2 Å². The molecule has 2 aromatic rings. The number of hydrogen-bond donors (Lipinski definition) is 0. The van der Waals surface area contributed by atoms with Gasteiger partial charge in [0.1, 0.15) is 5.75 Å². The van der Waals surface area contributed by atoms with Gasteiger partial charge in [-0.3, -0.25) is 0 Å². The number of ether oxygens (including phenoxy) is 4. The monoisotopic (exact) mass is 375 g/mol. The first-order chi connectivity index (χ1) is 13.0. The van der Waals surface area contributed by atoms with Gasteiger partial charge in [-0.05, 0) is 42.0 Å². The summed E-state index contributed by atoms with van der Waals surface area (Å²) in [6.07, 6.45) is 1.52. The van der Waals surface area contributed by atoms with E-state index in [1.165, 1.54) is 38.5 Å². The second-order valence-corrected chi connectivity index (χ2v) is 5.36. The maximum absolute atomic E-state index is 12.3. The summed E-state index contributed by atoms with van der Waals surface area (Å²) in [5.74, 6) is 0.345. The Hall–Kier alpha value is -3.42. The second-order valence-electron chi connectivity index (χ2n) is 5.36. The van der Waals surface area contributed by atoms with E-state index in [1.54, 1.807) is 24.3 Å². The van der Waals surface area contributed by atoms with Crippen molar-refractivity contribution in [2.45, 2.75) is 6.61 Å². The molecule has 0 spiro atoms. The molecule has 0 aliphatic carbocycles. The quantitative estimate of drug-likeness (QED) is 0.570. The number of nitrogens with zero attached hydrogens (tertiary/aromatic N) is 1. The van der Waals surface area contributed by atoms with Crippen LogP contribution in [0.4, 0.5) is 8.78 Å². The van der Waals surface area contributed by atoms with Gasteiger partial charge in [0.05, 0.1) is 14.2 Å². The molecular formula is C19H15F2NO5. The predicted molar refractivity (Wildman–Crippen MR) is 93.2 cm³/mol. The fourth-order valence-electron chi connectivity index (χ4n) is 2.44. The SMILES string of the molecule is COc1ccc(/C=C2\N=C(c3cccc(OC(F)F)c3)OC2=O)cc1OC. The molecule has 1 heterocycles. The van der Waals surface area contributed by atoms with Gasteiger partial charge >= 0.3 is 12.6 Å². The number of aliphatic imine (C=N–C) groups is 1. The number of benzene rings is 2. The van der Waals surface area contributed by atoms with Gasteiger partial charge in [0.2, 0.25) is 5.90 Å². The predicted octanol–water partition coefficient (Wildman–Crippen LogP) is 3.65. The first-order valence-electron chi connectivity index (χ1n) is 7.80. The molecule has 27 heavy (non-hydrogen) atoms. The van der Waals surface area contributed by atoms with E-state index in [9.17, 15) is 13.6 Å². The normalized spacial score (nSPS) is 14.9. The van der Waals surface area contributed by atoms with Crippen LogP contribution in [0.2, 0.25) is 0 Å². The van der Waals surface area contributed by atoms with Gasteiger partial charge in [-0.25, -0.2) is 9.79 Å². The van der Waals surface area contributed by atoms with Crippen LogP contribution in [-0.2, 0) is 9.53 Å². The van der Waals surface area contributed by atoms with Crippen LogP contribution >= 0.6 is 0 Å². The van der Waals surface area contributed by atoms with Gasteiger partial charge in [0.25, 0.3) is 0 Å². The van der Waals surface area contributed by atoms with Crippen LogP contribution in [0.15, 0.2) is 53.2 Å². The fraction of sp³-hybridized carbons (Fsp3) is 0.158. The average molecular weight is 375 g/mol. The van der Waals surface area contributed by atoms with Crippen molar-refractivity contribution in [1.82, 2.24) is 0 Å². The third-order valence-corrected chi connectivity index (χ3v) is 3.64. The molecule has 0 aromatic heterocycles. The molecule has 0 N–H and O–H groups in total. The Morgan fingerprint density at radius 2 is 1.85 bits per heavy atom. The highest BCUT2D eigenvalue weighted by Gasteiger charge is 2.24. The Labute approximate surface area is 153 Å². The third-order valence-electron chi connectivity index (χ3n) is 3.64. The molecule has 3 rings (SSSR count). The molecule has 0 radical (unpaired) electrons. The molecule has 1 aliphatic heterocycles. The van der Waals surface area contributed by atoms with E-state index in [2.05, 4.69) is 9.73 Å². The first kappa shape index (κ1) is 18.4. The number of carbonyl (C=O) groups excluding carboxylic acids is 1. The lowest BCUT2D eigenvalue weighted by atomic mass is 10.1. The Bertz CT molecular complexity index is 924. The lowest BCUT2D eigenvalue weighted by Crippen LogP contribution is -2.07. The smallest absolute Gasteiger partial charge is 0.387 e. The zero-order valence-electron chi connectivity index (χ0n) is 14.4. The van der Waals surface area contributed by atoms with Crippen LogP contribution in [0.1, 0.15) is 11.1 Å². The molecule has 1 aliphatic rings. The molecule has 0 amide bonds. The summed E-state index contributed by atoms with van der Waals surface area (Å²) in [4.78, 5) is 16.2. The minimum absolute atomic E-state index is 0.00597.